The quantitative estimate of drug-likeness (QED) is 0.280. The Morgan fingerprint density at radius 3 is 2.62 bits per heavy atom. The number of imidazole rings is 1. The monoisotopic (exact) mass is 458 g/mol. The van der Waals surface area contributed by atoms with Crippen molar-refractivity contribution in [2.75, 3.05) is 20.8 Å². The van der Waals surface area contributed by atoms with Crippen LogP contribution >= 0.6 is 0 Å². The summed E-state index contributed by atoms with van der Waals surface area (Å²) in [6, 6.07) is 5.50. The second-order valence-corrected chi connectivity index (χ2v) is 8.96. The lowest BCUT2D eigenvalue weighted by molar-refractivity contribution is 0.407. The van der Waals surface area contributed by atoms with Crippen LogP contribution in [0.5, 0.6) is 11.5 Å². The Morgan fingerprint density at radius 1 is 1.25 bits per heavy atom. The number of nitrogens with zero attached hydrogens (tertiary/aromatic N) is 5. The molecule has 0 aliphatic rings. The van der Waals surface area contributed by atoms with Gasteiger partial charge in [0.25, 0.3) is 0 Å². The summed E-state index contributed by atoms with van der Waals surface area (Å²) in [5, 5.41) is 3.82. The minimum atomic E-state index is -1.33. The van der Waals surface area contributed by atoms with Crippen LogP contribution in [0, 0.1) is 19.8 Å². The zero-order valence-corrected chi connectivity index (χ0v) is 20.2. The highest BCUT2D eigenvalue weighted by Crippen LogP contribution is 2.26. The van der Waals surface area contributed by atoms with Crippen molar-refractivity contribution in [3.63, 3.8) is 0 Å². The Morgan fingerprint density at radius 2 is 2.00 bits per heavy atom. The van der Waals surface area contributed by atoms with Crippen LogP contribution in [0.1, 0.15) is 37.1 Å². The number of aromatic nitrogens is 3. The number of ether oxygens (including phenoxy) is 2. The molecule has 0 saturated carbocycles. The van der Waals surface area contributed by atoms with Gasteiger partial charge in [0.1, 0.15) is 11.5 Å². The van der Waals surface area contributed by atoms with Gasteiger partial charge in [0, 0.05) is 34.8 Å². The minimum absolute atomic E-state index is 0.277. The highest BCUT2D eigenvalue weighted by molar-refractivity contribution is 7.84. The number of aromatic amines is 1. The molecule has 172 valence electrons. The maximum atomic E-state index is 12.7. The molecule has 9 nitrogen and oxygen atoms in total. The van der Waals surface area contributed by atoms with Crippen molar-refractivity contribution in [2.45, 2.75) is 45.0 Å². The number of pyridine rings is 1. The number of hydrogen-bond donors (Lipinski definition) is 1. The summed E-state index contributed by atoms with van der Waals surface area (Å²) >= 11 is 0. The number of aryl methyl sites for hydroxylation is 1. The molecule has 3 rings (SSSR count). The van der Waals surface area contributed by atoms with Gasteiger partial charge in [-0.2, -0.15) is 0 Å². The van der Waals surface area contributed by atoms with Crippen molar-refractivity contribution in [3.8, 4) is 11.5 Å². The first-order valence-electron chi connectivity index (χ1n) is 10.2. The molecule has 1 unspecified atom stereocenters. The Hall–Kier alpha value is -3.10. The molecule has 0 fully saturated rings. The number of azide groups is 1. The van der Waals surface area contributed by atoms with E-state index in [2.05, 4.69) is 38.8 Å². The van der Waals surface area contributed by atoms with E-state index >= 15 is 0 Å². The minimum Gasteiger partial charge on any atom is -0.497 e. The molecule has 0 amide bonds. The lowest BCUT2D eigenvalue weighted by atomic mass is 10.1. The van der Waals surface area contributed by atoms with Gasteiger partial charge in [0.2, 0.25) is 0 Å². The van der Waals surface area contributed by atoms with Crippen LogP contribution in [0.4, 0.5) is 0 Å². The van der Waals surface area contributed by atoms with Crippen molar-refractivity contribution < 1.29 is 13.7 Å². The molecule has 32 heavy (non-hydrogen) atoms. The van der Waals surface area contributed by atoms with Crippen LogP contribution in [-0.4, -0.2) is 39.9 Å². The SMILES string of the molecule is CC(C)CCN=[N+]=[N-].COc1ccc2nc(S(=O)Cc3ncc(C)c(OC)c3C)[nH]c2c1. The van der Waals surface area contributed by atoms with E-state index in [1.165, 1.54) is 0 Å². The predicted octanol–water partition coefficient (Wildman–Crippen LogP) is 5.24. The van der Waals surface area contributed by atoms with Crippen molar-refractivity contribution in [2.24, 2.45) is 11.0 Å². The molecular formula is C22H30N6O3S. The first kappa shape index (κ1) is 25.2. The molecule has 3 aromatic rings. The molecule has 0 saturated heterocycles. The summed E-state index contributed by atoms with van der Waals surface area (Å²) in [5.74, 6) is 2.43. The summed E-state index contributed by atoms with van der Waals surface area (Å²) in [6.45, 7) is 8.70. The fourth-order valence-electron chi connectivity index (χ4n) is 2.97. The highest BCUT2D eigenvalue weighted by atomic mass is 32.2. The Balaban J connectivity index is 0.000000390. The molecule has 1 aromatic carbocycles. The molecule has 1 N–H and O–H groups in total. The van der Waals surface area contributed by atoms with E-state index in [-0.39, 0.29) is 5.75 Å². The second kappa shape index (κ2) is 12.1. The third-order valence-corrected chi connectivity index (χ3v) is 5.93. The maximum Gasteiger partial charge on any atom is 0.197 e. The summed E-state index contributed by atoms with van der Waals surface area (Å²) in [4.78, 5) is 14.5. The van der Waals surface area contributed by atoms with Crippen molar-refractivity contribution in [1.29, 1.82) is 0 Å². The largest absolute Gasteiger partial charge is 0.497 e. The van der Waals surface area contributed by atoms with Gasteiger partial charge in [-0.3, -0.25) is 9.19 Å². The molecule has 0 aliphatic heterocycles. The van der Waals surface area contributed by atoms with Gasteiger partial charge in [-0.25, -0.2) is 4.98 Å². The van der Waals surface area contributed by atoms with Crippen LogP contribution in [0.25, 0.3) is 21.5 Å². The molecular weight excluding hydrogens is 428 g/mol. The van der Waals surface area contributed by atoms with Crippen LogP contribution in [-0.2, 0) is 16.6 Å². The highest BCUT2D eigenvalue weighted by Gasteiger charge is 2.16. The molecule has 0 spiro atoms. The van der Waals surface area contributed by atoms with Crippen LogP contribution in [0.2, 0.25) is 0 Å². The van der Waals surface area contributed by atoms with Gasteiger partial charge in [-0.05, 0) is 43.9 Å². The van der Waals surface area contributed by atoms with Gasteiger partial charge in [0.15, 0.2) is 5.16 Å². The fraction of sp³-hybridized carbons (Fsp3) is 0.455. The Kier molecular flexibility index (Phi) is 9.49. The van der Waals surface area contributed by atoms with E-state index in [0.29, 0.717) is 17.6 Å². The Labute approximate surface area is 190 Å². The lowest BCUT2D eigenvalue weighted by Crippen LogP contribution is -2.05. The fourth-order valence-corrected chi connectivity index (χ4v) is 4.07. The third-order valence-electron chi connectivity index (χ3n) is 4.77. The van der Waals surface area contributed by atoms with E-state index in [0.717, 1.165) is 45.8 Å². The van der Waals surface area contributed by atoms with E-state index < -0.39 is 10.8 Å². The number of nitrogens with one attached hydrogen (secondary N) is 1. The zero-order chi connectivity index (χ0) is 23.7. The van der Waals surface area contributed by atoms with E-state index in [1.54, 1.807) is 20.4 Å². The van der Waals surface area contributed by atoms with Crippen LogP contribution < -0.4 is 9.47 Å². The molecule has 0 aliphatic carbocycles. The maximum absolute atomic E-state index is 12.7. The van der Waals surface area contributed by atoms with Gasteiger partial charge < -0.3 is 14.5 Å². The van der Waals surface area contributed by atoms with Gasteiger partial charge >= 0.3 is 0 Å². The summed E-state index contributed by atoms with van der Waals surface area (Å²) in [7, 11) is 1.91. The molecule has 2 aromatic heterocycles. The topological polar surface area (TPSA) is 126 Å². The smallest absolute Gasteiger partial charge is 0.197 e. The van der Waals surface area contributed by atoms with Gasteiger partial charge in [-0.15, -0.1) is 0 Å². The first-order valence-corrected chi connectivity index (χ1v) is 11.5. The molecule has 10 heteroatoms. The van der Waals surface area contributed by atoms with E-state index in [1.807, 2.05) is 32.0 Å². The van der Waals surface area contributed by atoms with Crippen molar-refractivity contribution >= 4 is 21.8 Å². The lowest BCUT2D eigenvalue weighted by Gasteiger charge is -2.11. The van der Waals surface area contributed by atoms with Gasteiger partial charge in [0.05, 0.1) is 47.5 Å². The standard InChI is InChI=1S/C17H19N3O3S.C5H11N3/c1-10-8-18-15(11(2)16(10)23-4)9-24(21)17-19-13-6-5-12(22-3)7-14(13)20-17;1-5(2)3-4-7-8-6/h5-8H,9H2,1-4H3,(H,19,20);5H,3-4H2,1-2H3. The third kappa shape index (κ3) is 6.70. The average molecular weight is 459 g/mol. The number of methoxy groups -OCH3 is 2. The number of rotatable bonds is 8. The number of benzene rings is 1. The van der Waals surface area contributed by atoms with Crippen LogP contribution in [0.15, 0.2) is 34.7 Å². The number of fused-ring (bicyclic) bond motifs is 1. The number of hydrogen-bond acceptors (Lipinski definition) is 6. The Bertz CT molecular complexity index is 1120. The predicted molar refractivity (Wildman–Crippen MR) is 126 cm³/mol. The summed E-state index contributed by atoms with van der Waals surface area (Å²) < 4.78 is 23.3. The van der Waals surface area contributed by atoms with Crippen molar-refractivity contribution in [3.05, 3.63) is 51.7 Å². The molecule has 1 atom stereocenters. The molecule has 0 radical (unpaired) electrons. The normalized spacial score (nSPS) is 11.5. The van der Waals surface area contributed by atoms with E-state index in [4.69, 9.17) is 15.0 Å². The number of H-pyrrole nitrogens is 1. The van der Waals surface area contributed by atoms with E-state index in [9.17, 15) is 4.21 Å². The van der Waals surface area contributed by atoms with Crippen LogP contribution in [0.3, 0.4) is 0 Å². The molecule has 0 bridgehead atoms. The summed E-state index contributed by atoms with van der Waals surface area (Å²) in [5.41, 5.74) is 12.0. The summed E-state index contributed by atoms with van der Waals surface area (Å²) in [6.07, 6.45) is 2.73. The second-order valence-electron chi connectivity index (χ2n) is 7.60. The average Bonchev–Trinajstić information content (AvgIpc) is 3.20. The zero-order valence-electron chi connectivity index (χ0n) is 19.4. The van der Waals surface area contributed by atoms with Crippen molar-refractivity contribution in [1.82, 2.24) is 15.0 Å². The molecule has 2 heterocycles. The first-order chi connectivity index (χ1) is 15.3. The van der Waals surface area contributed by atoms with Gasteiger partial charge in [-0.1, -0.05) is 19.0 Å².